The third kappa shape index (κ3) is 5.65. The molecular formula is C28H24N4O3. The Labute approximate surface area is 202 Å². The van der Waals surface area contributed by atoms with Crippen LogP contribution in [0.4, 0.5) is 5.69 Å². The van der Waals surface area contributed by atoms with Crippen molar-refractivity contribution in [2.45, 2.75) is 19.5 Å². The number of nitrogens with zero attached hydrogens (tertiary/aromatic N) is 2. The van der Waals surface area contributed by atoms with Gasteiger partial charge >= 0.3 is 0 Å². The molecule has 35 heavy (non-hydrogen) atoms. The molecule has 2 heterocycles. The summed E-state index contributed by atoms with van der Waals surface area (Å²) in [6, 6.07) is 26.4. The van der Waals surface area contributed by atoms with Gasteiger partial charge in [-0.15, -0.1) is 0 Å². The van der Waals surface area contributed by atoms with Gasteiger partial charge in [0.15, 0.2) is 5.76 Å². The van der Waals surface area contributed by atoms with Gasteiger partial charge in [0.2, 0.25) is 5.91 Å². The standard InChI is InChI=1S/C28H24N4O3/c33-27(29-18-21-5-3-6-22(15-21)19-32-14-4-13-30-32)16-20-9-11-24(12-10-20)31-28(34)26-17-23-7-1-2-8-25(23)35-26/h1-15,17H,16,18-19H2,(H,29,33)(H,31,34). The maximum absolute atomic E-state index is 12.5. The fourth-order valence-corrected chi connectivity index (χ4v) is 3.86. The molecule has 0 unspecified atom stereocenters. The quantitative estimate of drug-likeness (QED) is 0.346. The first-order chi connectivity index (χ1) is 17.1. The second-order valence-corrected chi connectivity index (χ2v) is 8.28. The van der Waals surface area contributed by atoms with Crippen molar-refractivity contribution in [1.29, 1.82) is 0 Å². The monoisotopic (exact) mass is 464 g/mol. The van der Waals surface area contributed by atoms with Gasteiger partial charge in [-0.05, 0) is 47.0 Å². The Kier molecular flexibility index (Phi) is 6.39. The van der Waals surface area contributed by atoms with E-state index in [4.69, 9.17) is 4.42 Å². The SMILES string of the molecule is O=C(Cc1ccc(NC(=O)c2cc3ccccc3o2)cc1)NCc1cccc(Cn2cccn2)c1. The average Bonchev–Trinajstić information content (AvgIpc) is 3.54. The van der Waals surface area contributed by atoms with E-state index in [0.717, 1.165) is 22.1 Å². The van der Waals surface area contributed by atoms with Gasteiger partial charge in [0.1, 0.15) is 5.58 Å². The molecule has 0 aliphatic carbocycles. The highest BCUT2D eigenvalue weighted by atomic mass is 16.3. The molecule has 0 radical (unpaired) electrons. The number of hydrogen-bond donors (Lipinski definition) is 2. The number of aromatic nitrogens is 2. The molecule has 7 nitrogen and oxygen atoms in total. The fraction of sp³-hybridized carbons (Fsp3) is 0.107. The molecule has 7 heteroatoms. The van der Waals surface area contributed by atoms with Crippen molar-refractivity contribution in [3.8, 4) is 0 Å². The first-order valence-corrected chi connectivity index (χ1v) is 11.3. The molecule has 174 valence electrons. The molecule has 0 atom stereocenters. The van der Waals surface area contributed by atoms with E-state index in [1.54, 1.807) is 24.4 Å². The van der Waals surface area contributed by atoms with Crippen molar-refractivity contribution < 1.29 is 14.0 Å². The van der Waals surface area contributed by atoms with Crippen molar-refractivity contribution in [2.24, 2.45) is 0 Å². The van der Waals surface area contributed by atoms with Crippen LogP contribution in [-0.2, 0) is 24.3 Å². The second-order valence-electron chi connectivity index (χ2n) is 8.28. The Bertz CT molecular complexity index is 1420. The highest BCUT2D eigenvalue weighted by Gasteiger charge is 2.12. The number of fused-ring (bicyclic) bond motifs is 1. The van der Waals surface area contributed by atoms with E-state index in [-0.39, 0.29) is 24.0 Å². The number of nitrogens with one attached hydrogen (secondary N) is 2. The number of amides is 2. The zero-order chi connectivity index (χ0) is 24.0. The van der Waals surface area contributed by atoms with Crippen LogP contribution in [0.1, 0.15) is 27.2 Å². The summed E-state index contributed by atoms with van der Waals surface area (Å²) in [4.78, 5) is 25.0. The predicted octanol–water partition coefficient (Wildman–Crippen LogP) is 4.79. The van der Waals surface area contributed by atoms with Gasteiger partial charge in [-0.3, -0.25) is 14.3 Å². The van der Waals surface area contributed by atoms with E-state index >= 15 is 0 Å². The summed E-state index contributed by atoms with van der Waals surface area (Å²) >= 11 is 0. The lowest BCUT2D eigenvalue weighted by Crippen LogP contribution is -2.24. The van der Waals surface area contributed by atoms with E-state index in [1.807, 2.05) is 71.5 Å². The minimum Gasteiger partial charge on any atom is -0.451 e. The number of carbonyl (C=O) groups is 2. The van der Waals surface area contributed by atoms with Crippen LogP contribution >= 0.6 is 0 Å². The number of hydrogen-bond acceptors (Lipinski definition) is 4. The van der Waals surface area contributed by atoms with Gasteiger partial charge in [0.05, 0.1) is 13.0 Å². The molecule has 0 saturated carbocycles. The van der Waals surface area contributed by atoms with Gasteiger partial charge in [-0.2, -0.15) is 5.10 Å². The van der Waals surface area contributed by atoms with Crippen molar-refractivity contribution in [3.63, 3.8) is 0 Å². The van der Waals surface area contributed by atoms with Crippen LogP contribution in [0.5, 0.6) is 0 Å². The van der Waals surface area contributed by atoms with E-state index in [1.165, 1.54) is 0 Å². The zero-order valence-electron chi connectivity index (χ0n) is 19.0. The topological polar surface area (TPSA) is 89.2 Å². The highest BCUT2D eigenvalue weighted by molar-refractivity contribution is 6.04. The molecule has 3 aromatic carbocycles. The third-order valence-electron chi connectivity index (χ3n) is 5.61. The Morgan fingerprint density at radius 1 is 0.857 bits per heavy atom. The fourth-order valence-electron chi connectivity index (χ4n) is 3.86. The molecule has 0 aliphatic rings. The Morgan fingerprint density at radius 2 is 1.69 bits per heavy atom. The van der Waals surface area contributed by atoms with Crippen molar-refractivity contribution >= 4 is 28.5 Å². The van der Waals surface area contributed by atoms with Gasteiger partial charge in [0, 0.05) is 30.0 Å². The lowest BCUT2D eigenvalue weighted by Gasteiger charge is -2.09. The molecule has 0 aliphatic heterocycles. The predicted molar refractivity (Wildman–Crippen MR) is 134 cm³/mol. The summed E-state index contributed by atoms with van der Waals surface area (Å²) in [6.45, 7) is 1.14. The van der Waals surface area contributed by atoms with Crippen LogP contribution in [0, 0.1) is 0 Å². The van der Waals surface area contributed by atoms with Gasteiger partial charge in [-0.1, -0.05) is 54.6 Å². The van der Waals surface area contributed by atoms with Gasteiger partial charge in [-0.25, -0.2) is 0 Å². The molecule has 2 aromatic heterocycles. The summed E-state index contributed by atoms with van der Waals surface area (Å²) in [5.41, 5.74) is 4.32. The number of benzene rings is 3. The van der Waals surface area contributed by atoms with Crippen LogP contribution in [0.25, 0.3) is 11.0 Å². The largest absolute Gasteiger partial charge is 0.451 e. The number of furan rings is 1. The number of carbonyl (C=O) groups excluding carboxylic acids is 2. The molecular weight excluding hydrogens is 440 g/mol. The molecule has 0 bridgehead atoms. The molecule has 0 spiro atoms. The molecule has 0 fully saturated rings. The lowest BCUT2D eigenvalue weighted by molar-refractivity contribution is -0.120. The van der Waals surface area contributed by atoms with E-state index in [2.05, 4.69) is 21.8 Å². The van der Waals surface area contributed by atoms with Crippen LogP contribution in [-0.4, -0.2) is 21.6 Å². The Hall–Kier alpha value is -4.65. The van der Waals surface area contributed by atoms with E-state index in [0.29, 0.717) is 24.4 Å². The maximum Gasteiger partial charge on any atom is 0.291 e. The minimum atomic E-state index is -0.318. The summed E-state index contributed by atoms with van der Waals surface area (Å²) in [7, 11) is 0. The molecule has 5 aromatic rings. The summed E-state index contributed by atoms with van der Waals surface area (Å²) in [5.74, 6) is -0.133. The summed E-state index contributed by atoms with van der Waals surface area (Å²) in [6.07, 6.45) is 3.93. The third-order valence-corrected chi connectivity index (χ3v) is 5.61. The van der Waals surface area contributed by atoms with Crippen LogP contribution in [0.2, 0.25) is 0 Å². The summed E-state index contributed by atoms with van der Waals surface area (Å²) < 4.78 is 7.47. The molecule has 0 saturated heterocycles. The second kappa shape index (κ2) is 10.1. The van der Waals surface area contributed by atoms with Crippen molar-refractivity contribution in [1.82, 2.24) is 15.1 Å². The van der Waals surface area contributed by atoms with Gasteiger partial charge in [0.25, 0.3) is 5.91 Å². The van der Waals surface area contributed by atoms with Crippen molar-refractivity contribution in [3.05, 3.63) is 120 Å². The number of rotatable bonds is 8. The first-order valence-electron chi connectivity index (χ1n) is 11.3. The van der Waals surface area contributed by atoms with E-state index < -0.39 is 0 Å². The zero-order valence-corrected chi connectivity index (χ0v) is 19.0. The normalized spacial score (nSPS) is 10.9. The smallest absolute Gasteiger partial charge is 0.291 e. The lowest BCUT2D eigenvalue weighted by atomic mass is 10.1. The van der Waals surface area contributed by atoms with E-state index in [9.17, 15) is 9.59 Å². The number of para-hydroxylation sites is 1. The minimum absolute atomic E-state index is 0.0680. The number of anilines is 1. The van der Waals surface area contributed by atoms with Crippen LogP contribution in [0.15, 0.2) is 102 Å². The Morgan fingerprint density at radius 3 is 2.49 bits per heavy atom. The highest BCUT2D eigenvalue weighted by Crippen LogP contribution is 2.20. The average molecular weight is 465 g/mol. The van der Waals surface area contributed by atoms with Crippen molar-refractivity contribution in [2.75, 3.05) is 5.32 Å². The molecule has 5 rings (SSSR count). The van der Waals surface area contributed by atoms with Crippen LogP contribution in [0.3, 0.4) is 0 Å². The molecule has 2 N–H and O–H groups in total. The maximum atomic E-state index is 12.5. The Balaban J connectivity index is 1.12. The van der Waals surface area contributed by atoms with Gasteiger partial charge < -0.3 is 15.1 Å². The summed E-state index contributed by atoms with van der Waals surface area (Å²) in [5, 5.41) is 10.9. The first kappa shape index (κ1) is 22.2. The van der Waals surface area contributed by atoms with Crippen LogP contribution < -0.4 is 10.6 Å². The molecule has 2 amide bonds.